The van der Waals surface area contributed by atoms with Crippen molar-refractivity contribution in [1.29, 1.82) is 5.26 Å². The lowest BCUT2D eigenvalue weighted by atomic mass is 10.1. The molecule has 0 spiro atoms. The number of ether oxygens (including phenoxy) is 1. The highest BCUT2D eigenvalue weighted by Gasteiger charge is 2.16. The Hall–Kier alpha value is -2.11. The van der Waals surface area contributed by atoms with Crippen LogP contribution < -0.4 is 5.32 Å². The maximum Gasteiger partial charge on any atom is 0.329 e. The Kier molecular flexibility index (Phi) is 6.17. The third-order valence-corrected chi connectivity index (χ3v) is 4.48. The first-order valence-corrected chi connectivity index (χ1v) is 8.12. The molecule has 0 fully saturated rings. The number of anilines is 1. The zero-order valence-corrected chi connectivity index (χ0v) is 14.3. The van der Waals surface area contributed by atoms with Crippen molar-refractivity contribution in [3.8, 4) is 17.2 Å². The molecule has 124 valence electrons. The summed E-state index contributed by atoms with van der Waals surface area (Å²) in [6.45, 7) is -0.991. The van der Waals surface area contributed by atoms with Crippen LogP contribution in [0.3, 0.4) is 0 Å². The number of carboxylic acids is 1. The van der Waals surface area contributed by atoms with E-state index in [-0.39, 0.29) is 5.56 Å². The molecule has 0 aliphatic rings. The summed E-state index contributed by atoms with van der Waals surface area (Å²) in [5, 5.41) is 23.2. The molecule has 0 saturated heterocycles. The Morgan fingerprint density at radius 3 is 2.67 bits per heavy atom. The minimum atomic E-state index is -1.17. The van der Waals surface area contributed by atoms with E-state index in [1.54, 1.807) is 23.6 Å². The smallest absolute Gasteiger partial charge is 0.329 e. The quantitative estimate of drug-likeness (QED) is 0.791. The van der Waals surface area contributed by atoms with E-state index in [0.29, 0.717) is 26.2 Å². The molecule has 2 rings (SSSR count). The molecule has 6 nitrogen and oxygen atoms in total. The van der Waals surface area contributed by atoms with Crippen molar-refractivity contribution in [2.24, 2.45) is 0 Å². The molecular weight excluding hydrogens is 375 g/mol. The van der Waals surface area contributed by atoms with Crippen molar-refractivity contribution in [1.82, 2.24) is 0 Å². The first-order chi connectivity index (χ1) is 11.4. The molecule has 1 aromatic heterocycles. The van der Waals surface area contributed by atoms with E-state index in [1.807, 2.05) is 6.07 Å². The number of amides is 1. The number of thiophene rings is 1. The highest BCUT2D eigenvalue weighted by molar-refractivity contribution is 7.15. The molecule has 9 heteroatoms. The molecule has 1 amide bonds. The van der Waals surface area contributed by atoms with Gasteiger partial charge in [0.15, 0.2) is 0 Å². The van der Waals surface area contributed by atoms with Crippen molar-refractivity contribution in [3.63, 3.8) is 0 Å². The van der Waals surface area contributed by atoms with Gasteiger partial charge < -0.3 is 15.2 Å². The van der Waals surface area contributed by atoms with Crippen LogP contribution in [0, 0.1) is 11.3 Å². The molecule has 0 atom stereocenters. The fraction of sp³-hybridized carbons (Fsp3) is 0.133. The molecule has 24 heavy (non-hydrogen) atoms. The van der Waals surface area contributed by atoms with E-state index >= 15 is 0 Å². The minimum Gasteiger partial charge on any atom is -0.480 e. The Morgan fingerprint density at radius 2 is 2.04 bits per heavy atom. The van der Waals surface area contributed by atoms with Gasteiger partial charge in [-0.2, -0.15) is 5.26 Å². The average Bonchev–Trinajstić information content (AvgIpc) is 2.92. The standard InChI is InChI=1S/C15H10Cl2N2O4S/c16-11-2-1-8(3-12(11)17)10-7-24-15(9(10)4-18)19-13(20)5-23-6-14(21)22/h1-3,7H,5-6H2,(H,19,20)(H,21,22). The zero-order chi connectivity index (χ0) is 17.7. The first-order valence-electron chi connectivity index (χ1n) is 6.48. The lowest BCUT2D eigenvalue weighted by Gasteiger charge is -2.05. The second kappa shape index (κ2) is 8.13. The van der Waals surface area contributed by atoms with Crippen LogP contribution in [0.4, 0.5) is 5.00 Å². The highest BCUT2D eigenvalue weighted by atomic mass is 35.5. The number of carbonyl (C=O) groups excluding carboxylic acids is 1. The van der Waals surface area contributed by atoms with Gasteiger partial charge in [0.25, 0.3) is 5.91 Å². The molecule has 1 heterocycles. The summed E-state index contributed by atoms with van der Waals surface area (Å²) in [5.41, 5.74) is 1.59. The third-order valence-electron chi connectivity index (χ3n) is 2.85. The molecule has 0 radical (unpaired) electrons. The second-order valence-electron chi connectivity index (χ2n) is 4.53. The largest absolute Gasteiger partial charge is 0.480 e. The number of aliphatic carboxylic acids is 1. The number of nitrogens with one attached hydrogen (secondary N) is 1. The Morgan fingerprint density at radius 1 is 1.29 bits per heavy atom. The van der Waals surface area contributed by atoms with Crippen LogP contribution in [0.15, 0.2) is 23.6 Å². The Labute approximate surface area is 151 Å². The van der Waals surface area contributed by atoms with Gasteiger partial charge in [0.2, 0.25) is 0 Å². The van der Waals surface area contributed by atoms with Crippen LogP contribution in [-0.4, -0.2) is 30.2 Å². The van der Waals surface area contributed by atoms with E-state index in [9.17, 15) is 14.9 Å². The van der Waals surface area contributed by atoms with E-state index in [4.69, 9.17) is 33.0 Å². The maximum atomic E-state index is 11.7. The monoisotopic (exact) mass is 384 g/mol. The van der Waals surface area contributed by atoms with Crippen molar-refractivity contribution in [2.75, 3.05) is 18.5 Å². The number of carbonyl (C=O) groups is 2. The molecule has 1 aromatic carbocycles. The molecule has 0 unspecified atom stereocenters. The first kappa shape index (κ1) is 18.2. The summed E-state index contributed by atoms with van der Waals surface area (Å²) in [7, 11) is 0. The van der Waals surface area contributed by atoms with E-state index in [1.165, 1.54) is 11.3 Å². The normalized spacial score (nSPS) is 10.2. The topological polar surface area (TPSA) is 99.4 Å². The van der Waals surface area contributed by atoms with Gasteiger partial charge in [0.1, 0.15) is 24.3 Å². The van der Waals surface area contributed by atoms with Gasteiger partial charge in [-0.05, 0) is 17.7 Å². The number of hydrogen-bond acceptors (Lipinski definition) is 5. The molecular formula is C15H10Cl2N2O4S. The molecule has 2 aromatic rings. The molecule has 0 bridgehead atoms. The lowest BCUT2D eigenvalue weighted by molar-refractivity contribution is -0.143. The summed E-state index contributed by atoms with van der Waals surface area (Å²) in [6, 6.07) is 7.02. The second-order valence-corrected chi connectivity index (χ2v) is 6.22. The summed E-state index contributed by atoms with van der Waals surface area (Å²) >= 11 is 13.0. The summed E-state index contributed by atoms with van der Waals surface area (Å²) in [4.78, 5) is 22.1. The Balaban J connectivity index is 2.17. The predicted molar refractivity (Wildman–Crippen MR) is 91.6 cm³/mol. The van der Waals surface area contributed by atoms with Crippen molar-refractivity contribution in [3.05, 3.63) is 39.2 Å². The van der Waals surface area contributed by atoms with Crippen LogP contribution in [0.2, 0.25) is 10.0 Å². The minimum absolute atomic E-state index is 0.282. The van der Waals surface area contributed by atoms with Gasteiger partial charge in [-0.25, -0.2) is 4.79 Å². The van der Waals surface area contributed by atoms with Crippen LogP contribution >= 0.6 is 34.5 Å². The van der Waals surface area contributed by atoms with Crippen LogP contribution in [0.5, 0.6) is 0 Å². The number of halogens is 2. The molecule has 0 aliphatic heterocycles. The SMILES string of the molecule is N#Cc1c(-c2ccc(Cl)c(Cl)c2)csc1NC(=O)COCC(=O)O. The van der Waals surface area contributed by atoms with Gasteiger partial charge >= 0.3 is 5.97 Å². The summed E-state index contributed by atoms with van der Waals surface area (Å²) < 4.78 is 4.70. The van der Waals surface area contributed by atoms with Crippen molar-refractivity contribution in [2.45, 2.75) is 0 Å². The van der Waals surface area contributed by atoms with Crippen LogP contribution in [0.25, 0.3) is 11.1 Å². The van der Waals surface area contributed by atoms with Crippen molar-refractivity contribution >= 4 is 51.4 Å². The summed E-state index contributed by atoms with van der Waals surface area (Å²) in [6.07, 6.45) is 0. The van der Waals surface area contributed by atoms with Gasteiger partial charge in [-0.1, -0.05) is 29.3 Å². The maximum absolute atomic E-state index is 11.7. The fourth-order valence-electron chi connectivity index (χ4n) is 1.83. The molecule has 0 saturated carbocycles. The molecule has 0 aliphatic carbocycles. The van der Waals surface area contributed by atoms with Crippen LogP contribution in [0.1, 0.15) is 5.56 Å². The number of hydrogen-bond donors (Lipinski definition) is 2. The molecule has 2 N–H and O–H groups in total. The predicted octanol–water partition coefficient (Wildman–Crippen LogP) is 3.63. The number of nitriles is 1. The number of rotatable bonds is 6. The van der Waals surface area contributed by atoms with Crippen LogP contribution in [-0.2, 0) is 14.3 Å². The van der Waals surface area contributed by atoms with Gasteiger partial charge in [-0.15, -0.1) is 11.3 Å². The third kappa shape index (κ3) is 4.46. The van der Waals surface area contributed by atoms with Crippen molar-refractivity contribution < 1.29 is 19.4 Å². The lowest BCUT2D eigenvalue weighted by Crippen LogP contribution is -2.20. The van der Waals surface area contributed by atoms with E-state index in [0.717, 1.165) is 0 Å². The zero-order valence-electron chi connectivity index (χ0n) is 12.0. The van der Waals surface area contributed by atoms with Gasteiger partial charge in [-0.3, -0.25) is 4.79 Å². The summed E-state index contributed by atoms with van der Waals surface area (Å²) in [5.74, 6) is -1.71. The number of nitrogens with zero attached hydrogens (tertiary/aromatic N) is 1. The van der Waals surface area contributed by atoms with Gasteiger partial charge in [0, 0.05) is 10.9 Å². The number of benzene rings is 1. The van der Waals surface area contributed by atoms with E-state index < -0.39 is 25.1 Å². The fourth-order valence-corrected chi connectivity index (χ4v) is 3.06. The van der Waals surface area contributed by atoms with E-state index in [2.05, 4.69) is 5.32 Å². The Bertz CT molecular complexity index is 829. The average molecular weight is 385 g/mol. The highest BCUT2D eigenvalue weighted by Crippen LogP contribution is 2.37. The van der Waals surface area contributed by atoms with Gasteiger partial charge in [0.05, 0.1) is 15.6 Å². The number of carboxylic acid groups (broad SMARTS) is 1.